The largest absolute Gasteiger partial charge is 0.326 e. The second-order valence-corrected chi connectivity index (χ2v) is 2.44. The Morgan fingerprint density at radius 2 is 2.27 bits per heavy atom. The van der Waals surface area contributed by atoms with Crippen LogP contribution >= 0.6 is 0 Å². The van der Waals surface area contributed by atoms with Crippen molar-refractivity contribution in [1.29, 1.82) is 0 Å². The van der Waals surface area contributed by atoms with E-state index < -0.39 is 0 Å². The van der Waals surface area contributed by atoms with Crippen molar-refractivity contribution in [2.45, 2.75) is 13.8 Å². The number of hydrogen-bond donors (Lipinski definition) is 1. The lowest BCUT2D eigenvalue weighted by atomic mass is 10.2. The molecule has 1 N–H and O–H groups in total. The van der Waals surface area contributed by atoms with Crippen LogP contribution in [0.3, 0.4) is 0 Å². The molecule has 0 atom stereocenters. The minimum Gasteiger partial charge on any atom is -0.326 e. The minimum atomic E-state index is -0.0535. The molecule has 0 saturated heterocycles. The van der Waals surface area contributed by atoms with Crippen LogP contribution in [-0.4, -0.2) is 5.91 Å². The summed E-state index contributed by atoms with van der Waals surface area (Å²) in [6, 6.07) is 8.51. The second kappa shape index (κ2) is 3.19. The van der Waals surface area contributed by atoms with Gasteiger partial charge in [-0.2, -0.15) is 0 Å². The fraction of sp³-hybridized carbons (Fsp3) is 0.222. The Labute approximate surface area is 66.2 Å². The maximum Gasteiger partial charge on any atom is 0.221 e. The molecule has 1 radical (unpaired) electrons. The van der Waals surface area contributed by atoms with Crippen molar-refractivity contribution in [3.8, 4) is 0 Å². The number of aryl methyl sites for hydroxylation is 1. The van der Waals surface area contributed by atoms with Gasteiger partial charge in [-0.15, -0.1) is 0 Å². The van der Waals surface area contributed by atoms with Gasteiger partial charge >= 0.3 is 0 Å². The molecule has 0 heterocycles. The van der Waals surface area contributed by atoms with Crippen LogP contribution in [0.4, 0.5) is 5.69 Å². The Morgan fingerprint density at radius 1 is 1.55 bits per heavy atom. The monoisotopic (exact) mass is 148 g/mol. The molecule has 57 valence electrons. The molecule has 2 heteroatoms. The van der Waals surface area contributed by atoms with Gasteiger partial charge in [-0.1, -0.05) is 6.07 Å². The standard InChI is InChI=1S/C9H10NO/c1-7-3-5-9(6-4-7)10-8(2)11/h3,5-6H,1-2H3,(H,10,11). The van der Waals surface area contributed by atoms with Crippen LogP contribution in [0.1, 0.15) is 12.5 Å². The van der Waals surface area contributed by atoms with Gasteiger partial charge in [-0.25, -0.2) is 0 Å². The smallest absolute Gasteiger partial charge is 0.221 e. The molecule has 1 amide bonds. The molecule has 1 aromatic rings. The van der Waals surface area contributed by atoms with E-state index in [1.807, 2.05) is 19.1 Å². The van der Waals surface area contributed by atoms with E-state index in [2.05, 4.69) is 11.4 Å². The number of amides is 1. The number of carbonyl (C=O) groups is 1. The van der Waals surface area contributed by atoms with Gasteiger partial charge in [0.2, 0.25) is 5.91 Å². The molecule has 0 aliphatic heterocycles. The van der Waals surface area contributed by atoms with Crippen molar-refractivity contribution >= 4 is 11.6 Å². The lowest BCUT2D eigenvalue weighted by Gasteiger charge is -2.00. The van der Waals surface area contributed by atoms with E-state index in [-0.39, 0.29) is 5.91 Å². The highest BCUT2D eigenvalue weighted by atomic mass is 16.1. The fourth-order valence-corrected chi connectivity index (χ4v) is 0.784. The lowest BCUT2D eigenvalue weighted by Crippen LogP contribution is -2.05. The zero-order chi connectivity index (χ0) is 8.27. The van der Waals surface area contributed by atoms with E-state index in [1.165, 1.54) is 6.92 Å². The third-order valence-corrected chi connectivity index (χ3v) is 1.29. The number of benzene rings is 1. The summed E-state index contributed by atoms with van der Waals surface area (Å²) in [7, 11) is 0. The summed E-state index contributed by atoms with van der Waals surface area (Å²) >= 11 is 0. The third kappa shape index (κ3) is 2.42. The normalized spacial score (nSPS) is 9.27. The van der Waals surface area contributed by atoms with E-state index in [4.69, 9.17) is 0 Å². The van der Waals surface area contributed by atoms with Crippen molar-refractivity contribution in [2.75, 3.05) is 5.32 Å². The second-order valence-electron chi connectivity index (χ2n) is 2.44. The van der Waals surface area contributed by atoms with E-state index >= 15 is 0 Å². The zero-order valence-corrected chi connectivity index (χ0v) is 6.64. The molecule has 1 aromatic carbocycles. The first-order valence-electron chi connectivity index (χ1n) is 3.44. The number of hydrogen-bond acceptors (Lipinski definition) is 1. The van der Waals surface area contributed by atoms with Gasteiger partial charge in [-0.05, 0) is 30.7 Å². The van der Waals surface area contributed by atoms with Crippen LogP contribution in [-0.2, 0) is 4.79 Å². The van der Waals surface area contributed by atoms with E-state index in [0.717, 1.165) is 11.3 Å². The average molecular weight is 148 g/mol. The highest BCUT2D eigenvalue weighted by Gasteiger charge is 1.92. The highest BCUT2D eigenvalue weighted by molar-refractivity contribution is 5.88. The first kappa shape index (κ1) is 7.79. The molecule has 0 fully saturated rings. The molecule has 2 nitrogen and oxygen atoms in total. The SMILES string of the molecule is CC(=O)Nc1c[c]c(C)cc1. The van der Waals surface area contributed by atoms with Crippen LogP contribution in [0.2, 0.25) is 0 Å². The van der Waals surface area contributed by atoms with Gasteiger partial charge in [0, 0.05) is 12.6 Å². The van der Waals surface area contributed by atoms with E-state index in [0.29, 0.717) is 0 Å². The molecule has 0 aliphatic rings. The molecule has 0 unspecified atom stereocenters. The fourth-order valence-electron chi connectivity index (χ4n) is 0.784. The Kier molecular flexibility index (Phi) is 2.26. The first-order valence-corrected chi connectivity index (χ1v) is 3.44. The summed E-state index contributed by atoms with van der Waals surface area (Å²) in [5, 5.41) is 2.66. The average Bonchev–Trinajstić information content (AvgIpc) is 1.93. The van der Waals surface area contributed by atoms with Crippen molar-refractivity contribution in [3.05, 3.63) is 29.8 Å². The van der Waals surface area contributed by atoms with Crippen LogP contribution < -0.4 is 5.32 Å². The number of anilines is 1. The van der Waals surface area contributed by atoms with Crippen molar-refractivity contribution in [2.24, 2.45) is 0 Å². The van der Waals surface area contributed by atoms with Crippen LogP contribution in [0.25, 0.3) is 0 Å². The Balaban J connectivity index is 2.74. The minimum absolute atomic E-state index is 0.0535. The summed E-state index contributed by atoms with van der Waals surface area (Å²) in [4.78, 5) is 10.6. The molecule has 0 bridgehead atoms. The third-order valence-electron chi connectivity index (χ3n) is 1.29. The summed E-state index contributed by atoms with van der Waals surface area (Å²) in [6.07, 6.45) is 0. The summed E-state index contributed by atoms with van der Waals surface area (Å²) in [5.41, 5.74) is 1.86. The number of carbonyl (C=O) groups excluding carboxylic acids is 1. The van der Waals surface area contributed by atoms with Gasteiger partial charge in [0.25, 0.3) is 0 Å². The van der Waals surface area contributed by atoms with Gasteiger partial charge in [0.05, 0.1) is 0 Å². The van der Waals surface area contributed by atoms with Crippen molar-refractivity contribution < 1.29 is 4.79 Å². The Hall–Kier alpha value is -1.31. The molecule has 0 aromatic heterocycles. The van der Waals surface area contributed by atoms with Gasteiger partial charge in [0.15, 0.2) is 0 Å². The zero-order valence-electron chi connectivity index (χ0n) is 6.64. The highest BCUT2D eigenvalue weighted by Crippen LogP contribution is 2.06. The van der Waals surface area contributed by atoms with Gasteiger partial charge in [0.1, 0.15) is 0 Å². The topological polar surface area (TPSA) is 29.1 Å². The summed E-state index contributed by atoms with van der Waals surface area (Å²) in [6.45, 7) is 3.44. The van der Waals surface area contributed by atoms with Gasteiger partial charge < -0.3 is 5.32 Å². The van der Waals surface area contributed by atoms with E-state index in [1.54, 1.807) is 6.07 Å². The van der Waals surface area contributed by atoms with Crippen molar-refractivity contribution in [3.63, 3.8) is 0 Å². The summed E-state index contributed by atoms with van der Waals surface area (Å²) < 4.78 is 0. The molecular weight excluding hydrogens is 138 g/mol. The van der Waals surface area contributed by atoms with Crippen LogP contribution in [0, 0.1) is 13.0 Å². The molecule has 1 rings (SSSR count). The molecule has 0 saturated carbocycles. The maximum atomic E-state index is 10.6. The Bertz CT molecular complexity index is 251. The van der Waals surface area contributed by atoms with Crippen LogP contribution in [0.5, 0.6) is 0 Å². The molecule has 0 spiro atoms. The quantitative estimate of drug-likeness (QED) is 0.646. The van der Waals surface area contributed by atoms with Crippen molar-refractivity contribution in [1.82, 2.24) is 0 Å². The van der Waals surface area contributed by atoms with E-state index in [9.17, 15) is 4.79 Å². The predicted molar refractivity (Wildman–Crippen MR) is 44.3 cm³/mol. The number of rotatable bonds is 1. The summed E-state index contributed by atoms with van der Waals surface area (Å²) in [5.74, 6) is -0.0535. The first-order chi connectivity index (χ1) is 5.18. The lowest BCUT2D eigenvalue weighted by molar-refractivity contribution is -0.114. The number of nitrogens with one attached hydrogen (secondary N) is 1. The maximum absolute atomic E-state index is 10.6. The molecule has 11 heavy (non-hydrogen) atoms. The molecule has 0 aliphatic carbocycles. The Morgan fingerprint density at radius 3 is 2.73 bits per heavy atom. The van der Waals surface area contributed by atoms with Gasteiger partial charge in [-0.3, -0.25) is 4.79 Å². The van der Waals surface area contributed by atoms with Crippen LogP contribution in [0.15, 0.2) is 18.2 Å². The predicted octanol–water partition coefficient (Wildman–Crippen LogP) is 1.75. The molecular formula is C9H10NO.